The van der Waals surface area contributed by atoms with Crippen LogP contribution >= 0.6 is 23.1 Å². The van der Waals surface area contributed by atoms with Crippen molar-refractivity contribution in [1.82, 2.24) is 4.98 Å². The fourth-order valence-electron chi connectivity index (χ4n) is 1.74. The molecule has 0 amide bonds. The minimum Gasteiger partial charge on any atom is -0.390 e. The lowest BCUT2D eigenvalue weighted by Crippen LogP contribution is -1.90. The first kappa shape index (κ1) is 11.5. The first-order valence-electron chi connectivity index (χ1n) is 5.14. The molecule has 16 heavy (non-hydrogen) atoms. The molecule has 0 aromatic carbocycles. The molecule has 2 aromatic heterocycles. The SMILES string of the molecule is CCc1c(SC)sc(N)c1-c1ccccn1. The maximum Gasteiger partial charge on any atom is 0.0966 e. The summed E-state index contributed by atoms with van der Waals surface area (Å²) in [4.78, 5) is 4.38. The normalized spacial score (nSPS) is 10.6. The molecule has 2 N–H and O–H groups in total. The Kier molecular flexibility index (Phi) is 3.51. The lowest BCUT2D eigenvalue weighted by Gasteiger charge is -2.03. The average Bonchev–Trinajstić information content (AvgIpc) is 2.66. The number of thiophene rings is 1. The van der Waals surface area contributed by atoms with Crippen LogP contribution in [0.4, 0.5) is 5.00 Å². The molecule has 0 saturated carbocycles. The quantitative estimate of drug-likeness (QED) is 0.845. The molecule has 2 aromatic rings. The van der Waals surface area contributed by atoms with Gasteiger partial charge in [0.15, 0.2) is 0 Å². The smallest absolute Gasteiger partial charge is 0.0966 e. The Morgan fingerprint density at radius 3 is 2.81 bits per heavy atom. The van der Waals surface area contributed by atoms with E-state index in [0.717, 1.165) is 22.7 Å². The fourth-order valence-corrected chi connectivity index (χ4v) is 3.74. The zero-order valence-corrected chi connectivity index (χ0v) is 11.0. The summed E-state index contributed by atoms with van der Waals surface area (Å²) in [6.07, 6.45) is 4.90. The Labute approximate surface area is 104 Å². The zero-order chi connectivity index (χ0) is 11.5. The molecule has 2 rings (SSSR count). The van der Waals surface area contributed by atoms with Gasteiger partial charge in [-0.25, -0.2) is 0 Å². The van der Waals surface area contributed by atoms with Crippen LogP contribution in [-0.4, -0.2) is 11.2 Å². The number of aromatic nitrogens is 1. The standard InChI is InChI=1S/C12H14N2S2/c1-3-8-10(9-6-4-5-7-14-9)11(13)16-12(8)15-2/h4-7H,3,13H2,1-2H3. The lowest BCUT2D eigenvalue weighted by molar-refractivity contribution is 1.11. The van der Waals surface area contributed by atoms with Crippen molar-refractivity contribution in [2.24, 2.45) is 0 Å². The minimum absolute atomic E-state index is 0.875. The van der Waals surface area contributed by atoms with Crippen molar-refractivity contribution in [2.45, 2.75) is 17.6 Å². The van der Waals surface area contributed by atoms with Crippen molar-refractivity contribution in [3.63, 3.8) is 0 Å². The van der Waals surface area contributed by atoms with Crippen molar-refractivity contribution in [1.29, 1.82) is 0 Å². The van der Waals surface area contributed by atoms with Crippen molar-refractivity contribution in [2.75, 3.05) is 12.0 Å². The van der Waals surface area contributed by atoms with Gasteiger partial charge in [0, 0.05) is 11.8 Å². The monoisotopic (exact) mass is 250 g/mol. The van der Waals surface area contributed by atoms with Crippen LogP contribution in [0.15, 0.2) is 28.6 Å². The van der Waals surface area contributed by atoms with Crippen LogP contribution in [0, 0.1) is 0 Å². The van der Waals surface area contributed by atoms with E-state index in [9.17, 15) is 0 Å². The topological polar surface area (TPSA) is 38.9 Å². The van der Waals surface area contributed by atoms with Gasteiger partial charge in [-0.15, -0.1) is 23.1 Å². The predicted octanol–water partition coefficient (Wildman–Crippen LogP) is 3.68. The van der Waals surface area contributed by atoms with Crippen LogP contribution in [0.25, 0.3) is 11.3 Å². The van der Waals surface area contributed by atoms with E-state index < -0.39 is 0 Å². The predicted molar refractivity (Wildman–Crippen MR) is 73.1 cm³/mol. The van der Waals surface area contributed by atoms with Gasteiger partial charge in [0.05, 0.1) is 14.9 Å². The first-order valence-corrected chi connectivity index (χ1v) is 7.18. The number of hydrogen-bond donors (Lipinski definition) is 1. The summed E-state index contributed by atoms with van der Waals surface area (Å²) in [7, 11) is 0. The van der Waals surface area contributed by atoms with Crippen molar-refractivity contribution in [3.8, 4) is 11.3 Å². The van der Waals surface area contributed by atoms with Gasteiger partial charge in [-0.1, -0.05) is 13.0 Å². The Balaban J connectivity index is 2.60. The highest BCUT2D eigenvalue weighted by Crippen LogP contribution is 2.42. The van der Waals surface area contributed by atoms with Gasteiger partial charge in [0.1, 0.15) is 0 Å². The molecule has 0 fully saturated rings. The third kappa shape index (κ3) is 1.95. The molecule has 0 unspecified atom stereocenters. The van der Waals surface area contributed by atoms with E-state index in [1.54, 1.807) is 23.1 Å². The molecule has 0 bridgehead atoms. The van der Waals surface area contributed by atoms with E-state index in [0.29, 0.717) is 0 Å². The van der Waals surface area contributed by atoms with E-state index in [4.69, 9.17) is 5.73 Å². The number of anilines is 1. The second-order valence-electron chi connectivity index (χ2n) is 3.38. The summed E-state index contributed by atoms with van der Waals surface area (Å²) in [5, 5.41) is 0.875. The van der Waals surface area contributed by atoms with Crippen LogP contribution in [-0.2, 0) is 6.42 Å². The van der Waals surface area contributed by atoms with E-state index in [1.165, 1.54) is 9.77 Å². The van der Waals surface area contributed by atoms with Crippen molar-refractivity contribution >= 4 is 28.1 Å². The van der Waals surface area contributed by atoms with Crippen LogP contribution in [0.5, 0.6) is 0 Å². The number of nitrogens with two attached hydrogens (primary N) is 1. The minimum atomic E-state index is 0.875. The number of thioether (sulfide) groups is 1. The number of hydrogen-bond acceptors (Lipinski definition) is 4. The molecule has 0 spiro atoms. The third-order valence-corrected chi connectivity index (χ3v) is 4.68. The maximum atomic E-state index is 6.09. The van der Waals surface area contributed by atoms with Gasteiger partial charge < -0.3 is 5.73 Å². The lowest BCUT2D eigenvalue weighted by atomic mass is 10.1. The molecule has 2 nitrogen and oxygen atoms in total. The molecule has 0 aliphatic heterocycles. The van der Waals surface area contributed by atoms with E-state index in [1.807, 2.05) is 24.4 Å². The molecule has 0 saturated heterocycles. The Morgan fingerprint density at radius 2 is 2.25 bits per heavy atom. The Bertz CT molecular complexity index is 477. The summed E-state index contributed by atoms with van der Waals surface area (Å²) >= 11 is 3.42. The van der Waals surface area contributed by atoms with E-state index >= 15 is 0 Å². The second-order valence-corrected chi connectivity index (χ2v) is 5.51. The molecule has 0 radical (unpaired) electrons. The molecule has 4 heteroatoms. The fraction of sp³-hybridized carbons (Fsp3) is 0.250. The van der Waals surface area contributed by atoms with Crippen LogP contribution in [0.3, 0.4) is 0 Å². The number of nitrogens with zero attached hydrogens (tertiary/aromatic N) is 1. The molecule has 84 valence electrons. The summed E-state index contributed by atoms with van der Waals surface area (Å²) in [5.74, 6) is 0. The molecular weight excluding hydrogens is 236 g/mol. The first-order chi connectivity index (χ1) is 7.77. The maximum absolute atomic E-state index is 6.09. The van der Waals surface area contributed by atoms with Gasteiger partial charge in [0.2, 0.25) is 0 Å². The van der Waals surface area contributed by atoms with Gasteiger partial charge in [-0.3, -0.25) is 4.98 Å². The molecule has 0 aliphatic rings. The van der Waals surface area contributed by atoms with E-state index in [-0.39, 0.29) is 0 Å². The zero-order valence-electron chi connectivity index (χ0n) is 9.36. The average molecular weight is 250 g/mol. The molecule has 0 aliphatic carbocycles. The number of rotatable bonds is 3. The highest BCUT2D eigenvalue weighted by Gasteiger charge is 2.16. The van der Waals surface area contributed by atoms with Crippen molar-refractivity contribution < 1.29 is 0 Å². The summed E-state index contributed by atoms with van der Waals surface area (Å²) in [6.45, 7) is 2.16. The second kappa shape index (κ2) is 4.89. The van der Waals surface area contributed by atoms with Gasteiger partial charge in [0.25, 0.3) is 0 Å². The van der Waals surface area contributed by atoms with Crippen LogP contribution in [0.2, 0.25) is 0 Å². The molecule has 0 atom stereocenters. The Morgan fingerprint density at radius 1 is 1.44 bits per heavy atom. The number of nitrogen functional groups attached to an aromatic ring is 1. The number of pyridine rings is 1. The van der Waals surface area contributed by atoms with Gasteiger partial charge in [-0.05, 0) is 30.4 Å². The summed E-state index contributed by atoms with van der Waals surface area (Å²) in [5.41, 5.74) is 9.52. The van der Waals surface area contributed by atoms with Gasteiger partial charge in [-0.2, -0.15) is 0 Å². The Hall–Kier alpha value is -1.00. The van der Waals surface area contributed by atoms with Crippen LogP contribution in [0.1, 0.15) is 12.5 Å². The largest absolute Gasteiger partial charge is 0.390 e. The van der Waals surface area contributed by atoms with Crippen LogP contribution < -0.4 is 5.73 Å². The van der Waals surface area contributed by atoms with E-state index in [2.05, 4.69) is 18.2 Å². The highest BCUT2D eigenvalue weighted by molar-refractivity contribution is 8.00. The van der Waals surface area contributed by atoms with Gasteiger partial charge >= 0.3 is 0 Å². The summed E-state index contributed by atoms with van der Waals surface area (Å²) in [6, 6.07) is 5.94. The van der Waals surface area contributed by atoms with Crippen molar-refractivity contribution in [3.05, 3.63) is 30.0 Å². The summed E-state index contributed by atoms with van der Waals surface area (Å²) < 4.78 is 1.31. The molecular formula is C12H14N2S2. The highest BCUT2D eigenvalue weighted by atomic mass is 32.2. The third-order valence-electron chi connectivity index (χ3n) is 2.46. The molecule has 2 heterocycles.